The van der Waals surface area contributed by atoms with Crippen LogP contribution in [0.25, 0.3) is 20.2 Å². The Hall–Kier alpha value is -3.12. The van der Waals surface area contributed by atoms with Crippen molar-refractivity contribution in [2.75, 3.05) is 4.90 Å². The highest BCUT2D eigenvalue weighted by Gasteiger charge is 2.51. The Bertz CT molecular complexity index is 1460. The van der Waals surface area contributed by atoms with Crippen LogP contribution in [0.4, 0.5) is 17.1 Å². The predicted molar refractivity (Wildman–Crippen MR) is 150 cm³/mol. The van der Waals surface area contributed by atoms with E-state index in [2.05, 4.69) is 130 Å². The van der Waals surface area contributed by atoms with Gasteiger partial charge in [0.15, 0.2) is 0 Å². The van der Waals surface area contributed by atoms with Gasteiger partial charge in [-0.05, 0) is 81.7 Å². The van der Waals surface area contributed by atoms with Crippen LogP contribution in [-0.4, -0.2) is 18.3 Å². The van der Waals surface area contributed by atoms with E-state index in [1.165, 1.54) is 20.2 Å². The number of anilines is 3. The van der Waals surface area contributed by atoms with Crippen LogP contribution in [0.2, 0.25) is 0 Å². The van der Waals surface area contributed by atoms with Crippen LogP contribution < -0.4 is 10.4 Å². The van der Waals surface area contributed by atoms with Crippen molar-refractivity contribution in [2.45, 2.75) is 38.9 Å². The summed E-state index contributed by atoms with van der Waals surface area (Å²) in [6, 6.07) is 34.4. The Balaban J connectivity index is 1.43. The maximum Gasteiger partial charge on any atom is 0.494 e. The zero-order valence-electron chi connectivity index (χ0n) is 20.5. The molecule has 1 fully saturated rings. The van der Waals surface area contributed by atoms with Gasteiger partial charge in [-0.1, -0.05) is 48.5 Å². The van der Waals surface area contributed by atoms with Gasteiger partial charge in [0.05, 0.1) is 11.2 Å². The SMILES string of the molecule is CC1(C)OB(c2ccc3c(c2)sc2ccc(N(c4ccccc4)c4ccccc4)cc23)OC1(C)C. The second-order valence-corrected chi connectivity index (χ2v) is 11.2. The summed E-state index contributed by atoms with van der Waals surface area (Å²) in [5, 5.41) is 2.52. The van der Waals surface area contributed by atoms with Gasteiger partial charge in [-0.3, -0.25) is 0 Å². The molecule has 0 unspecified atom stereocenters. The van der Waals surface area contributed by atoms with E-state index in [0.717, 1.165) is 22.5 Å². The molecule has 5 heteroatoms. The molecule has 0 aliphatic carbocycles. The number of thiophene rings is 1. The Labute approximate surface area is 211 Å². The number of hydrogen-bond acceptors (Lipinski definition) is 4. The van der Waals surface area contributed by atoms with E-state index in [9.17, 15) is 0 Å². The van der Waals surface area contributed by atoms with Gasteiger partial charge < -0.3 is 14.2 Å². The molecule has 6 rings (SSSR count). The van der Waals surface area contributed by atoms with E-state index in [-0.39, 0.29) is 18.3 Å². The number of rotatable bonds is 4. The van der Waals surface area contributed by atoms with Crippen LogP contribution in [0.1, 0.15) is 27.7 Å². The van der Waals surface area contributed by atoms with Crippen molar-refractivity contribution >= 4 is 61.2 Å². The van der Waals surface area contributed by atoms with Crippen molar-refractivity contribution in [1.82, 2.24) is 0 Å². The van der Waals surface area contributed by atoms with Gasteiger partial charge in [0.25, 0.3) is 0 Å². The third-order valence-corrected chi connectivity index (χ3v) is 8.42. The zero-order valence-corrected chi connectivity index (χ0v) is 21.3. The van der Waals surface area contributed by atoms with Gasteiger partial charge in [0, 0.05) is 37.2 Å². The second-order valence-electron chi connectivity index (χ2n) is 10.1. The van der Waals surface area contributed by atoms with E-state index in [0.29, 0.717) is 0 Å². The van der Waals surface area contributed by atoms with Crippen molar-refractivity contribution < 1.29 is 9.31 Å². The molecule has 0 amide bonds. The van der Waals surface area contributed by atoms with Crippen LogP contribution in [0, 0.1) is 0 Å². The summed E-state index contributed by atoms with van der Waals surface area (Å²) >= 11 is 1.82. The summed E-state index contributed by atoms with van der Waals surface area (Å²) in [7, 11) is -0.350. The first kappa shape index (κ1) is 22.4. The first-order valence-electron chi connectivity index (χ1n) is 12.0. The number of hydrogen-bond donors (Lipinski definition) is 0. The third kappa shape index (κ3) is 3.84. The van der Waals surface area contributed by atoms with Crippen LogP contribution in [0.15, 0.2) is 97.1 Å². The molecule has 174 valence electrons. The molecule has 0 N–H and O–H groups in total. The molecule has 1 saturated heterocycles. The Morgan fingerprint density at radius 1 is 0.600 bits per heavy atom. The lowest BCUT2D eigenvalue weighted by Crippen LogP contribution is -2.41. The molecule has 1 aromatic heterocycles. The maximum atomic E-state index is 6.30. The lowest BCUT2D eigenvalue weighted by Gasteiger charge is -2.32. The van der Waals surface area contributed by atoms with Gasteiger partial charge in [0.2, 0.25) is 0 Å². The molecular weight excluding hydrogens is 449 g/mol. The number of nitrogens with zero attached hydrogens (tertiary/aromatic N) is 1. The van der Waals surface area contributed by atoms with Crippen LogP contribution >= 0.6 is 11.3 Å². The van der Waals surface area contributed by atoms with E-state index in [4.69, 9.17) is 9.31 Å². The van der Waals surface area contributed by atoms with Gasteiger partial charge in [-0.2, -0.15) is 0 Å². The highest BCUT2D eigenvalue weighted by atomic mass is 32.1. The minimum absolute atomic E-state index is 0.347. The molecule has 0 spiro atoms. The molecule has 5 aromatic rings. The largest absolute Gasteiger partial charge is 0.494 e. The average molecular weight is 477 g/mol. The molecule has 0 saturated carbocycles. The van der Waals surface area contributed by atoms with Gasteiger partial charge in [-0.15, -0.1) is 11.3 Å². The van der Waals surface area contributed by atoms with Gasteiger partial charge >= 0.3 is 7.12 Å². The molecule has 2 heterocycles. The standard InChI is InChI=1S/C30H28BNO2S/c1-29(2)30(3,4)34-31(33-29)21-15-17-25-26-20-24(16-18-27(26)35-28(25)19-21)32(22-11-7-5-8-12-22)23-13-9-6-10-14-23/h5-20H,1-4H3. The molecular formula is C30H28BNO2S. The maximum absolute atomic E-state index is 6.30. The van der Waals surface area contributed by atoms with E-state index in [1.807, 2.05) is 11.3 Å². The Morgan fingerprint density at radius 3 is 1.80 bits per heavy atom. The molecule has 4 aromatic carbocycles. The Morgan fingerprint density at radius 2 is 1.20 bits per heavy atom. The average Bonchev–Trinajstić information content (AvgIpc) is 3.32. The fraction of sp³-hybridized carbons (Fsp3) is 0.200. The molecule has 1 aliphatic heterocycles. The summed E-state index contributed by atoms with van der Waals surface area (Å²) in [6.07, 6.45) is 0. The van der Waals surface area contributed by atoms with Crippen molar-refractivity contribution in [1.29, 1.82) is 0 Å². The van der Waals surface area contributed by atoms with E-state index in [1.54, 1.807) is 0 Å². The predicted octanol–water partition coefficient (Wildman–Crippen LogP) is 7.82. The van der Waals surface area contributed by atoms with Crippen LogP contribution in [0.3, 0.4) is 0 Å². The third-order valence-electron chi connectivity index (χ3n) is 7.29. The fourth-order valence-corrected chi connectivity index (χ4v) is 5.78. The minimum Gasteiger partial charge on any atom is -0.399 e. The highest BCUT2D eigenvalue weighted by Crippen LogP contribution is 2.41. The zero-order chi connectivity index (χ0) is 24.2. The molecule has 35 heavy (non-hydrogen) atoms. The highest BCUT2D eigenvalue weighted by molar-refractivity contribution is 7.25. The summed E-state index contributed by atoms with van der Waals surface area (Å²) in [4.78, 5) is 2.31. The van der Waals surface area contributed by atoms with Crippen LogP contribution in [-0.2, 0) is 9.31 Å². The van der Waals surface area contributed by atoms with Crippen molar-refractivity contribution in [3.63, 3.8) is 0 Å². The smallest absolute Gasteiger partial charge is 0.399 e. The molecule has 0 atom stereocenters. The Kier molecular flexibility index (Phi) is 5.26. The fourth-order valence-electron chi connectivity index (χ4n) is 4.65. The topological polar surface area (TPSA) is 21.7 Å². The quantitative estimate of drug-likeness (QED) is 0.246. The van der Waals surface area contributed by atoms with Crippen molar-refractivity contribution in [3.05, 3.63) is 97.1 Å². The number of para-hydroxylation sites is 2. The van der Waals surface area contributed by atoms with E-state index >= 15 is 0 Å². The first-order chi connectivity index (χ1) is 16.8. The molecule has 0 radical (unpaired) electrons. The minimum atomic E-state index is -0.350. The lowest BCUT2D eigenvalue weighted by atomic mass is 9.79. The van der Waals surface area contributed by atoms with Gasteiger partial charge in [0.1, 0.15) is 0 Å². The summed E-state index contributed by atoms with van der Waals surface area (Å²) < 4.78 is 15.1. The number of benzene rings is 4. The molecule has 3 nitrogen and oxygen atoms in total. The van der Waals surface area contributed by atoms with E-state index < -0.39 is 0 Å². The monoisotopic (exact) mass is 477 g/mol. The summed E-state index contributed by atoms with van der Waals surface area (Å²) in [5.41, 5.74) is 3.80. The van der Waals surface area contributed by atoms with Gasteiger partial charge in [-0.25, -0.2) is 0 Å². The molecule has 1 aliphatic rings. The lowest BCUT2D eigenvalue weighted by molar-refractivity contribution is 0.00578. The van der Waals surface area contributed by atoms with Crippen molar-refractivity contribution in [2.24, 2.45) is 0 Å². The molecule has 0 bridgehead atoms. The second kappa shape index (κ2) is 8.23. The number of fused-ring (bicyclic) bond motifs is 3. The van der Waals surface area contributed by atoms with Crippen LogP contribution in [0.5, 0.6) is 0 Å². The normalized spacial score (nSPS) is 16.7. The summed E-state index contributed by atoms with van der Waals surface area (Å²) in [5.74, 6) is 0. The first-order valence-corrected chi connectivity index (χ1v) is 12.9. The summed E-state index contributed by atoms with van der Waals surface area (Å²) in [6.45, 7) is 8.38. The van der Waals surface area contributed by atoms with Crippen molar-refractivity contribution in [3.8, 4) is 0 Å².